The van der Waals surface area contributed by atoms with Gasteiger partial charge in [0, 0.05) is 38.8 Å². The average Bonchev–Trinajstić information content (AvgIpc) is 3.52. The molecule has 7 nitrogen and oxygen atoms in total. The summed E-state index contributed by atoms with van der Waals surface area (Å²) in [5.41, 5.74) is 4.51. The van der Waals surface area contributed by atoms with E-state index in [0.29, 0.717) is 45.6 Å². The standard InChI is InChI=1S/C27H23ClN4O3S/c1-16(33)18-4-8-21(9-5-18)29-27(34)24(12-17-2-3-17)26-11-6-19(14-32(26)35)23-13-20(28)7-10-22(23)25-15-36-31-30-25/h4-11,13-15,17,24H,2-3,12H2,1H3,(H,29,34). The number of nitrogens with zero attached hydrogens (tertiary/aromatic N) is 3. The zero-order valence-electron chi connectivity index (χ0n) is 19.5. The van der Waals surface area contributed by atoms with E-state index in [1.165, 1.54) is 24.7 Å². The van der Waals surface area contributed by atoms with Crippen molar-refractivity contribution in [2.45, 2.75) is 32.1 Å². The molecule has 1 aliphatic rings. The highest BCUT2D eigenvalue weighted by molar-refractivity contribution is 7.03. The molecule has 2 aromatic carbocycles. The molecule has 9 heteroatoms. The van der Waals surface area contributed by atoms with Crippen LogP contribution < -0.4 is 10.0 Å². The third-order valence-electron chi connectivity index (χ3n) is 6.37. The van der Waals surface area contributed by atoms with Gasteiger partial charge in [0.2, 0.25) is 11.6 Å². The van der Waals surface area contributed by atoms with Gasteiger partial charge in [0.25, 0.3) is 0 Å². The lowest BCUT2D eigenvalue weighted by molar-refractivity contribution is -0.614. The molecule has 0 saturated heterocycles. The number of halogens is 1. The Morgan fingerprint density at radius 3 is 2.56 bits per heavy atom. The molecule has 1 N–H and O–H groups in total. The predicted octanol–water partition coefficient (Wildman–Crippen LogP) is 5.88. The fraction of sp³-hybridized carbons (Fsp3) is 0.222. The van der Waals surface area contributed by atoms with Crippen LogP contribution in [0.15, 0.2) is 66.2 Å². The smallest absolute Gasteiger partial charge is 0.238 e. The monoisotopic (exact) mass is 518 g/mol. The minimum absolute atomic E-state index is 0.0409. The van der Waals surface area contributed by atoms with Gasteiger partial charge in [-0.1, -0.05) is 35.0 Å². The van der Waals surface area contributed by atoms with Gasteiger partial charge in [-0.3, -0.25) is 9.59 Å². The van der Waals surface area contributed by atoms with Gasteiger partial charge >= 0.3 is 0 Å². The minimum Gasteiger partial charge on any atom is -0.618 e. The van der Waals surface area contributed by atoms with Gasteiger partial charge in [-0.2, -0.15) is 4.73 Å². The molecule has 0 spiro atoms. The fourth-order valence-corrected chi connectivity index (χ4v) is 4.88. The predicted molar refractivity (Wildman–Crippen MR) is 140 cm³/mol. The maximum absolute atomic E-state index is 13.3. The lowest BCUT2D eigenvalue weighted by Crippen LogP contribution is -2.37. The van der Waals surface area contributed by atoms with Crippen molar-refractivity contribution in [2.75, 3.05) is 5.32 Å². The third kappa shape index (κ3) is 5.29. The van der Waals surface area contributed by atoms with Gasteiger partial charge in [0.15, 0.2) is 12.0 Å². The number of carbonyl (C=O) groups is 2. The number of hydrogen-bond donors (Lipinski definition) is 1. The number of Topliss-reactive ketones (excluding diaryl/α,β-unsaturated/α-hetero) is 1. The molecule has 0 aliphatic heterocycles. The van der Waals surface area contributed by atoms with Gasteiger partial charge in [-0.05, 0) is 78.8 Å². The molecule has 1 aliphatic carbocycles. The highest BCUT2D eigenvalue weighted by Crippen LogP contribution is 2.39. The fourth-order valence-electron chi connectivity index (χ4n) is 4.25. The molecule has 1 saturated carbocycles. The summed E-state index contributed by atoms with van der Waals surface area (Å²) in [6.45, 7) is 1.50. The van der Waals surface area contributed by atoms with Crippen LogP contribution in [0.25, 0.3) is 22.4 Å². The molecule has 2 aromatic heterocycles. The molecule has 1 fully saturated rings. The van der Waals surface area contributed by atoms with Crippen molar-refractivity contribution in [3.63, 3.8) is 0 Å². The van der Waals surface area contributed by atoms with Crippen LogP contribution in [-0.2, 0) is 4.79 Å². The number of amides is 1. The molecule has 2 heterocycles. The number of anilines is 1. The van der Waals surface area contributed by atoms with E-state index in [1.807, 2.05) is 17.5 Å². The van der Waals surface area contributed by atoms with E-state index in [0.717, 1.165) is 28.7 Å². The molecular weight excluding hydrogens is 496 g/mol. The summed E-state index contributed by atoms with van der Waals surface area (Å²) in [6.07, 6.45) is 4.20. The molecule has 0 radical (unpaired) electrons. The Morgan fingerprint density at radius 2 is 1.92 bits per heavy atom. The second-order valence-corrected chi connectivity index (χ2v) is 10.0. The molecule has 0 bridgehead atoms. The van der Waals surface area contributed by atoms with E-state index in [2.05, 4.69) is 14.9 Å². The third-order valence-corrected chi connectivity index (χ3v) is 7.11. The van der Waals surface area contributed by atoms with Crippen LogP contribution in [0.4, 0.5) is 5.69 Å². The van der Waals surface area contributed by atoms with Crippen molar-refractivity contribution >= 4 is 40.5 Å². The highest BCUT2D eigenvalue weighted by Gasteiger charge is 2.35. The largest absolute Gasteiger partial charge is 0.618 e. The molecule has 5 rings (SSSR count). The first-order chi connectivity index (χ1) is 17.4. The summed E-state index contributed by atoms with van der Waals surface area (Å²) in [7, 11) is 0. The second kappa shape index (κ2) is 10.2. The van der Waals surface area contributed by atoms with Gasteiger partial charge in [-0.25, -0.2) is 0 Å². The number of hydrogen-bond acceptors (Lipinski definition) is 6. The topological polar surface area (TPSA) is 98.9 Å². The molecule has 36 heavy (non-hydrogen) atoms. The van der Waals surface area contributed by atoms with E-state index in [4.69, 9.17) is 11.6 Å². The molecule has 4 aromatic rings. The van der Waals surface area contributed by atoms with Gasteiger partial charge in [-0.15, -0.1) is 5.10 Å². The molecular formula is C27H23ClN4O3S. The van der Waals surface area contributed by atoms with Crippen LogP contribution >= 0.6 is 23.1 Å². The Balaban J connectivity index is 1.45. The molecule has 182 valence electrons. The van der Waals surface area contributed by atoms with Crippen LogP contribution in [0.1, 0.15) is 48.2 Å². The number of rotatable bonds is 8. The number of ketones is 1. The van der Waals surface area contributed by atoms with E-state index >= 15 is 0 Å². The molecule has 1 atom stereocenters. The lowest BCUT2D eigenvalue weighted by Gasteiger charge is -2.17. The van der Waals surface area contributed by atoms with Crippen molar-refractivity contribution in [1.82, 2.24) is 9.59 Å². The number of pyridine rings is 1. The summed E-state index contributed by atoms with van der Waals surface area (Å²) in [6, 6.07) is 15.7. The summed E-state index contributed by atoms with van der Waals surface area (Å²) in [5.74, 6) is -0.456. The van der Waals surface area contributed by atoms with Gasteiger partial charge < -0.3 is 10.5 Å². The molecule has 1 amide bonds. The SMILES string of the molecule is CC(=O)c1ccc(NC(=O)C(CC2CC2)c2ccc(-c3cc(Cl)ccc3-c3csnn3)c[n+]2[O-])cc1. The summed E-state index contributed by atoms with van der Waals surface area (Å²) < 4.78 is 4.72. The van der Waals surface area contributed by atoms with E-state index in [9.17, 15) is 14.8 Å². The number of carbonyl (C=O) groups excluding carboxylic acids is 2. The van der Waals surface area contributed by atoms with Gasteiger partial charge in [0.05, 0.1) is 0 Å². The summed E-state index contributed by atoms with van der Waals surface area (Å²) >= 11 is 7.52. The zero-order chi connectivity index (χ0) is 25.2. The Hall–Kier alpha value is -3.62. The summed E-state index contributed by atoms with van der Waals surface area (Å²) in [5, 5.41) is 22.7. The van der Waals surface area contributed by atoms with Crippen molar-refractivity contribution in [1.29, 1.82) is 0 Å². The normalized spacial score (nSPS) is 13.8. The van der Waals surface area contributed by atoms with Crippen LogP contribution in [0.2, 0.25) is 5.02 Å². The average molecular weight is 519 g/mol. The van der Waals surface area contributed by atoms with Crippen LogP contribution in [0.3, 0.4) is 0 Å². The van der Waals surface area contributed by atoms with Crippen molar-refractivity contribution in [2.24, 2.45) is 5.92 Å². The second-order valence-electron chi connectivity index (χ2n) is 9.00. The molecule has 1 unspecified atom stereocenters. The summed E-state index contributed by atoms with van der Waals surface area (Å²) in [4.78, 5) is 24.8. The maximum atomic E-state index is 13.3. The Morgan fingerprint density at radius 1 is 1.14 bits per heavy atom. The number of benzene rings is 2. The van der Waals surface area contributed by atoms with E-state index in [-0.39, 0.29) is 11.7 Å². The van der Waals surface area contributed by atoms with E-state index in [1.54, 1.807) is 42.5 Å². The lowest BCUT2D eigenvalue weighted by atomic mass is 9.94. The Labute approximate surface area is 217 Å². The highest BCUT2D eigenvalue weighted by atomic mass is 35.5. The van der Waals surface area contributed by atoms with Gasteiger partial charge in [0.1, 0.15) is 11.6 Å². The first-order valence-corrected chi connectivity index (χ1v) is 12.8. The Bertz CT molecular complexity index is 1420. The minimum atomic E-state index is -0.599. The van der Waals surface area contributed by atoms with Crippen molar-refractivity contribution < 1.29 is 14.3 Å². The van der Waals surface area contributed by atoms with E-state index < -0.39 is 5.92 Å². The maximum Gasteiger partial charge on any atom is 0.238 e. The van der Waals surface area contributed by atoms with Crippen LogP contribution in [-0.4, -0.2) is 21.3 Å². The van der Waals surface area contributed by atoms with Crippen molar-refractivity contribution in [3.05, 3.63) is 87.7 Å². The van der Waals surface area contributed by atoms with Crippen LogP contribution in [0, 0.1) is 11.1 Å². The van der Waals surface area contributed by atoms with Crippen molar-refractivity contribution in [3.8, 4) is 22.4 Å². The number of aromatic nitrogens is 3. The quantitative estimate of drug-likeness (QED) is 0.178. The van der Waals surface area contributed by atoms with Crippen LogP contribution in [0.5, 0.6) is 0 Å². The Kier molecular flexibility index (Phi) is 6.80. The first kappa shape index (κ1) is 24.1. The number of nitrogens with one attached hydrogen (secondary N) is 1. The first-order valence-electron chi connectivity index (χ1n) is 11.6. The zero-order valence-corrected chi connectivity index (χ0v) is 21.1.